The van der Waals surface area contributed by atoms with Crippen LogP contribution in [-0.4, -0.2) is 35.5 Å². The summed E-state index contributed by atoms with van der Waals surface area (Å²) >= 11 is 0. The Morgan fingerprint density at radius 3 is 2.57 bits per heavy atom. The first-order chi connectivity index (χ1) is 9.86. The van der Waals surface area contributed by atoms with Gasteiger partial charge in [-0.25, -0.2) is 4.79 Å². The number of hydrogen-bond acceptors (Lipinski definition) is 4. The zero-order chi connectivity index (χ0) is 16.2. The molecule has 1 atom stereocenters. The number of carbonyl (C=O) groups is 2. The fraction of sp³-hybridized carbons (Fsp3) is 0.500. The van der Waals surface area contributed by atoms with Gasteiger partial charge < -0.3 is 14.6 Å². The lowest BCUT2D eigenvalue weighted by Gasteiger charge is -2.12. The van der Waals surface area contributed by atoms with Crippen molar-refractivity contribution in [2.24, 2.45) is 7.05 Å². The fourth-order valence-electron chi connectivity index (χ4n) is 2.40. The molecule has 0 aromatic carbocycles. The van der Waals surface area contributed by atoms with Crippen molar-refractivity contribution in [3.63, 3.8) is 0 Å². The molecule has 0 amide bonds. The predicted molar refractivity (Wildman–Crippen MR) is 82.8 cm³/mol. The third kappa shape index (κ3) is 3.42. The number of ketones is 1. The Labute approximate surface area is 126 Å². The first kappa shape index (κ1) is 17.2. The average molecular weight is 292 g/mol. The zero-order valence-corrected chi connectivity index (χ0v) is 13.4. The first-order valence-corrected chi connectivity index (χ1v) is 7.08. The summed E-state index contributed by atoms with van der Waals surface area (Å²) in [6.07, 6.45) is 1.71. The highest BCUT2D eigenvalue weighted by molar-refractivity contribution is 6.05. The topological polar surface area (TPSA) is 60.3 Å². The van der Waals surface area contributed by atoms with Gasteiger partial charge >= 0.3 is 5.97 Å². The van der Waals surface area contributed by atoms with Crippen LogP contribution in [0, 0.1) is 13.8 Å². The zero-order valence-electron chi connectivity index (χ0n) is 13.4. The normalized spacial score (nSPS) is 12.0. The Balaban J connectivity index is 3.20. The molecular formula is C16H24N2O3. The van der Waals surface area contributed by atoms with Crippen LogP contribution >= 0.6 is 0 Å². The third-order valence-electron chi connectivity index (χ3n) is 3.61. The van der Waals surface area contributed by atoms with Gasteiger partial charge in [0.15, 0.2) is 5.78 Å². The van der Waals surface area contributed by atoms with E-state index in [1.54, 1.807) is 31.5 Å². The number of rotatable bonds is 7. The summed E-state index contributed by atoms with van der Waals surface area (Å²) in [5, 5.41) is 3.08. The van der Waals surface area contributed by atoms with Gasteiger partial charge in [0, 0.05) is 24.8 Å². The summed E-state index contributed by atoms with van der Waals surface area (Å²) in [6.45, 7) is 11.7. The van der Waals surface area contributed by atoms with Crippen molar-refractivity contribution in [1.82, 2.24) is 9.88 Å². The van der Waals surface area contributed by atoms with Crippen molar-refractivity contribution in [3.8, 4) is 0 Å². The van der Waals surface area contributed by atoms with E-state index in [9.17, 15) is 9.59 Å². The molecule has 0 aliphatic rings. The van der Waals surface area contributed by atoms with Crippen molar-refractivity contribution in [2.45, 2.75) is 33.7 Å². The monoisotopic (exact) mass is 292 g/mol. The molecule has 0 saturated heterocycles. The number of ether oxygens (including phenoxy) is 1. The molecule has 0 spiro atoms. The molecule has 0 aliphatic heterocycles. The molecular weight excluding hydrogens is 268 g/mol. The quantitative estimate of drug-likeness (QED) is 0.475. The highest BCUT2D eigenvalue weighted by atomic mass is 16.5. The maximum absolute atomic E-state index is 12.6. The molecule has 1 rings (SSSR count). The summed E-state index contributed by atoms with van der Waals surface area (Å²) in [5.41, 5.74) is 2.47. The van der Waals surface area contributed by atoms with Gasteiger partial charge in [0.25, 0.3) is 0 Å². The van der Waals surface area contributed by atoms with Gasteiger partial charge in [0.2, 0.25) is 0 Å². The minimum atomic E-state index is -0.397. The van der Waals surface area contributed by atoms with Crippen LogP contribution in [0.3, 0.4) is 0 Å². The Kier molecular flexibility index (Phi) is 5.90. The smallest absolute Gasteiger partial charge is 0.355 e. The SMILES string of the molecule is C=CCNC(C)C(=O)c1c(C)c(C(=O)OCC)n(C)c1C. The van der Waals surface area contributed by atoms with E-state index in [0.29, 0.717) is 30.0 Å². The lowest BCUT2D eigenvalue weighted by atomic mass is 10.0. The van der Waals surface area contributed by atoms with Crippen LogP contribution in [0.4, 0.5) is 0 Å². The summed E-state index contributed by atoms with van der Waals surface area (Å²) in [7, 11) is 1.77. The maximum atomic E-state index is 12.6. The van der Waals surface area contributed by atoms with E-state index < -0.39 is 5.97 Å². The Bertz CT molecular complexity index is 558. The molecule has 1 heterocycles. The summed E-state index contributed by atoms with van der Waals surface area (Å²) < 4.78 is 6.79. The molecule has 0 fully saturated rings. The number of nitrogens with one attached hydrogen (secondary N) is 1. The standard InChI is InChI=1S/C16H24N2O3/c1-7-9-17-11(4)15(19)13-10(3)14(16(20)21-8-2)18(6)12(13)5/h7,11,17H,1,8-9H2,2-6H3. The molecule has 116 valence electrons. The van der Waals surface area contributed by atoms with Gasteiger partial charge in [-0.2, -0.15) is 0 Å². The van der Waals surface area contributed by atoms with Crippen molar-refractivity contribution < 1.29 is 14.3 Å². The predicted octanol–water partition coefficient (Wildman–Crippen LogP) is 2.17. The van der Waals surface area contributed by atoms with Crippen molar-refractivity contribution in [3.05, 3.63) is 35.2 Å². The van der Waals surface area contributed by atoms with Crippen molar-refractivity contribution in [2.75, 3.05) is 13.2 Å². The van der Waals surface area contributed by atoms with Crippen LogP contribution in [-0.2, 0) is 11.8 Å². The van der Waals surface area contributed by atoms with Crippen LogP contribution < -0.4 is 5.32 Å². The van der Waals surface area contributed by atoms with Crippen molar-refractivity contribution in [1.29, 1.82) is 0 Å². The number of Topliss-reactive ketones (excluding diaryl/α,β-unsaturated/α-hetero) is 1. The van der Waals surface area contributed by atoms with E-state index in [1.165, 1.54) is 0 Å². The second-order valence-corrected chi connectivity index (χ2v) is 5.00. The van der Waals surface area contributed by atoms with E-state index in [1.807, 2.05) is 13.8 Å². The molecule has 21 heavy (non-hydrogen) atoms. The Hall–Kier alpha value is -1.88. The maximum Gasteiger partial charge on any atom is 0.355 e. The van der Waals surface area contributed by atoms with Gasteiger partial charge in [-0.3, -0.25) is 4.79 Å². The first-order valence-electron chi connectivity index (χ1n) is 7.08. The lowest BCUT2D eigenvalue weighted by molar-refractivity contribution is 0.0514. The molecule has 5 heteroatoms. The highest BCUT2D eigenvalue weighted by Gasteiger charge is 2.27. The van der Waals surface area contributed by atoms with E-state index in [0.717, 1.165) is 5.69 Å². The molecule has 0 radical (unpaired) electrons. The number of carbonyl (C=O) groups excluding carboxylic acids is 2. The van der Waals surface area contributed by atoms with Crippen LogP contribution in [0.2, 0.25) is 0 Å². The number of esters is 1. The summed E-state index contributed by atoms with van der Waals surface area (Å²) in [6, 6.07) is -0.335. The van der Waals surface area contributed by atoms with Gasteiger partial charge in [-0.15, -0.1) is 6.58 Å². The van der Waals surface area contributed by atoms with E-state index in [2.05, 4.69) is 11.9 Å². The number of nitrogens with zero attached hydrogens (tertiary/aromatic N) is 1. The van der Waals surface area contributed by atoms with Gasteiger partial charge in [-0.05, 0) is 33.3 Å². The van der Waals surface area contributed by atoms with E-state index >= 15 is 0 Å². The van der Waals surface area contributed by atoms with Crippen LogP contribution in [0.5, 0.6) is 0 Å². The lowest BCUT2D eigenvalue weighted by Crippen LogP contribution is -2.34. The molecule has 0 saturated carbocycles. The Morgan fingerprint density at radius 1 is 1.43 bits per heavy atom. The van der Waals surface area contributed by atoms with Gasteiger partial charge in [0.05, 0.1) is 12.6 Å². The molecule has 1 unspecified atom stereocenters. The molecule has 1 aromatic heterocycles. The second kappa shape index (κ2) is 7.22. The van der Waals surface area contributed by atoms with Crippen LogP contribution in [0.1, 0.15) is 46.0 Å². The summed E-state index contributed by atoms with van der Waals surface area (Å²) in [4.78, 5) is 24.6. The minimum Gasteiger partial charge on any atom is -0.461 e. The van der Waals surface area contributed by atoms with Gasteiger partial charge in [-0.1, -0.05) is 6.08 Å². The third-order valence-corrected chi connectivity index (χ3v) is 3.61. The van der Waals surface area contributed by atoms with E-state index in [-0.39, 0.29) is 11.8 Å². The van der Waals surface area contributed by atoms with Crippen LogP contribution in [0.15, 0.2) is 12.7 Å². The summed E-state index contributed by atoms with van der Waals surface area (Å²) in [5.74, 6) is -0.427. The van der Waals surface area contributed by atoms with Gasteiger partial charge in [0.1, 0.15) is 5.69 Å². The van der Waals surface area contributed by atoms with E-state index in [4.69, 9.17) is 4.74 Å². The fourth-order valence-corrected chi connectivity index (χ4v) is 2.40. The molecule has 0 bridgehead atoms. The Morgan fingerprint density at radius 2 is 2.05 bits per heavy atom. The highest BCUT2D eigenvalue weighted by Crippen LogP contribution is 2.23. The average Bonchev–Trinajstić information content (AvgIpc) is 2.66. The molecule has 5 nitrogen and oxygen atoms in total. The largest absolute Gasteiger partial charge is 0.461 e. The number of hydrogen-bond donors (Lipinski definition) is 1. The molecule has 0 aliphatic carbocycles. The second-order valence-electron chi connectivity index (χ2n) is 5.00. The minimum absolute atomic E-state index is 0.0296. The van der Waals surface area contributed by atoms with Crippen LogP contribution in [0.25, 0.3) is 0 Å². The molecule has 1 N–H and O–H groups in total. The molecule has 1 aromatic rings. The number of aromatic nitrogens is 1. The van der Waals surface area contributed by atoms with Crippen molar-refractivity contribution >= 4 is 11.8 Å².